The lowest BCUT2D eigenvalue weighted by atomic mass is 10.1. The van der Waals surface area contributed by atoms with Crippen molar-refractivity contribution in [2.24, 2.45) is 0 Å². The van der Waals surface area contributed by atoms with Gasteiger partial charge in [-0.25, -0.2) is 0 Å². The van der Waals surface area contributed by atoms with Crippen molar-refractivity contribution in [1.82, 2.24) is 10.5 Å². The Balaban J connectivity index is 2.15. The second kappa shape index (κ2) is 5.85. The van der Waals surface area contributed by atoms with Gasteiger partial charge in [0.2, 0.25) is 5.76 Å². The predicted molar refractivity (Wildman–Crippen MR) is 72.0 cm³/mol. The van der Waals surface area contributed by atoms with E-state index in [1.165, 1.54) is 13.0 Å². The third-order valence-corrected chi connectivity index (χ3v) is 2.92. The third-order valence-electron chi connectivity index (χ3n) is 2.92. The van der Waals surface area contributed by atoms with Crippen LogP contribution in [0.3, 0.4) is 0 Å². The number of rotatable bonds is 5. The highest BCUT2D eigenvalue weighted by Crippen LogP contribution is 2.18. The van der Waals surface area contributed by atoms with Crippen molar-refractivity contribution in [3.63, 3.8) is 0 Å². The van der Waals surface area contributed by atoms with Crippen molar-refractivity contribution in [2.75, 3.05) is 13.2 Å². The van der Waals surface area contributed by atoms with Crippen molar-refractivity contribution in [3.05, 3.63) is 42.2 Å². The van der Waals surface area contributed by atoms with Gasteiger partial charge in [-0.3, -0.25) is 4.79 Å². The molecule has 6 heteroatoms. The molecule has 3 N–H and O–H groups in total. The van der Waals surface area contributed by atoms with Gasteiger partial charge in [0.05, 0.1) is 18.8 Å². The monoisotopic (exact) mass is 276 g/mol. The molecule has 20 heavy (non-hydrogen) atoms. The van der Waals surface area contributed by atoms with Gasteiger partial charge in [0, 0.05) is 11.6 Å². The van der Waals surface area contributed by atoms with Crippen LogP contribution in [0.2, 0.25) is 0 Å². The Bertz CT molecular complexity index is 576. The van der Waals surface area contributed by atoms with Crippen LogP contribution in [0.25, 0.3) is 11.3 Å². The Morgan fingerprint density at radius 3 is 2.55 bits per heavy atom. The molecule has 0 saturated carbocycles. The van der Waals surface area contributed by atoms with Crippen molar-refractivity contribution >= 4 is 5.91 Å². The molecule has 0 aliphatic carbocycles. The van der Waals surface area contributed by atoms with Crippen LogP contribution in [0.4, 0.5) is 0 Å². The van der Waals surface area contributed by atoms with Gasteiger partial charge in [0.1, 0.15) is 5.69 Å². The van der Waals surface area contributed by atoms with Gasteiger partial charge in [-0.2, -0.15) is 0 Å². The van der Waals surface area contributed by atoms with E-state index in [2.05, 4.69) is 10.5 Å². The van der Waals surface area contributed by atoms with Gasteiger partial charge < -0.3 is 20.1 Å². The number of aliphatic hydroxyl groups excluding tert-OH is 2. The number of hydrogen-bond donors (Lipinski definition) is 3. The Morgan fingerprint density at radius 2 is 1.95 bits per heavy atom. The van der Waals surface area contributed by atoms with Crippen LogP contribution >= 0.6 is 0 Å². The standard InChI is InChI=1S/C14H16N2O4/c1-14(8-17,9-18)15-13(19)12-7-11(16-20-12)10-5-3-2-4-6-10/h2-7,17-18H,8-9H2,1H3,(H,15,19). The maximum atomic E-state index is 12.0. The van der Waals surface area contributed by atoms with Gasteiger partial charge >= 0.3 is 0 Å². The summed E-state index contributed by atoms with van der Waals surface area (Å²) in [5.74, 6) is -0.512. The Kier molecular flexibility index (Phi) is 4.16. The molecule has 1 heterocycles. The number of carbonyl (C=O) groups is 1. The van der Waals surface area contributed by atoms with Crippen LogP contribution in [0.5, 0.6) is 0 Å². The minimum absolute atomic E-state index is 0.0250. The smallest absolute Gasteiger partial charge is 0.290 e. The zero-order chi connectivity index (χ0) is 14.6. The van der Waals surface area contributed by atoms with Gasteiger partial charge in [0.25, 0.3) is 5.91 Å². The maximum absolute atomic E-state index is 12.0. The quantitative estimate of drug-likeness (QED) is 0.751. The van der Waals surface area contributed by atoms with E-state index in [1.54, 1.807) is 0 Å². The van der Waals surface area contributed by atoms with Gasteiger partial charge in [-0.1, -0.05) is 35.5 Å². The summed E-state index contributed by atoms with van der Waals surface area (Å²) in [5.41, 5.74) is 0.282. The first kappa shape index (κ1) is 14.2. The molecule has 0 aliphatic heterocycles. The minimum Gasteiger partial charge on any atom is -0.394 e. The summed E-state index contributed by atoms with van der Waals surface area (Å²) in [4.78, 5) is 12.0. The maximum Gasteiger partial charge on any atom is 0.290 e. The van der Waals surface area contributed by atoms with Crippen molar-refractivity contribution in [1.29, 1.82) is 0 Å². The van der Waals surface area contributed by atoms with Crippen molar-refractivity contribution < 1.29 is 19.5 Å². The highest BCUT2D eigenvalue weighted by molar-refractivity contribution is 5.92. The SMILES string of the molecule is CC(CO)(CO)NC(=O)c1cc(-c2ccccc2)no1. The molecule has 0 radical (unpaired) electrons. The molecule has 106 valence electrons. The second-order valence-electron chi connectivity index (χ2n) is 4.77. The molecule has 0 aliphatic rings. The molecule has 0 saturated heterocycles. The first-order chi connectivity index (χ1) is 9.58. The van der Waals surface area contributed by atoms with E-state index < -0.39 is 11.4 Å². The molecule has 2 rings (SSSR count). The summed E-state index contributed by atoms with van der Waals surface area (Å²) >= 11 is 0. The zero-order valence-electron chi connectivity index (χ0n) is 11.0. The van der Waals surface area contributed by atoms with E-state index >= 15 is 0 Å². The van der Waals surface area contributed by atoms with E-state index in [0.717, 1.165) is 5.56 Å². The Morgan fingerprint density at radius 1 is 1.30 bits per heavy atom. The lowest BCUT2D eigenvalue weighted by Crippen LogP contribution is -2.51. The number of benzene rings is 1. The average molecular weight is 276 g/mol. The minimum atomic E-state index is -1.10. The summed E-state index contributed by atoms with van der Waals surface area (Å²) in [5, 5.41) is 24.6. The van der Waals surface area contributed by atoms with Crippen LogP contribution in [-0.4, -0.2) is 40.0 Å². The van der Waals surface area contributed by atoms with Gasteiger partial charge in [-0.05, 0) is 6.92 Å². The summed E-state index contributed by atoms with van der Waals surface area (Å²) in [7, 11) is 0. The van der Waals surface area contributed by atoms with Gasteiger partial charge in [-0.15, -0.1) is 0 Å². The Hall–Kier alpha value is -2.18. The number of amides is 1. The number of aliphatic hydroxyl groups is 2. The van der Waals surface area contributed by atoms with Crippen LogP contribution in [0, 0.1) is 0 Å². The lowest BCUT2D eigenvalue weighted by molar-refractivity contribution is 0.0693. The van der Waals surface area contributed by atoms with Gasteiger partial charge in [0.15, 0.2) is 0 Å². The van der Waals surface area contributed by atoms with Crippen LogP contribution < -0.4 is 5.32 Å². The Labute approximate surface area is 116 Å². The molecule has 0 spiro atoms. The fourth-order valence-electron chi connectivity index (χ4n) is 1.59. The van der Waals surface area contributed by atoms with Crippen molar-refractivity contribution in [2.45, 2.75) is 12.5 Å². The topological polar surface area (TPSA) is 95.6 Å². The molecule has 6 nitrogen and oxygen atoms in total. The molecule has 1 amide bonds. The highest BCUT2D eigenvalue weighted by Gasteiger charge is 2.27. The number of carbonyl (C=O) groups excluding carboxylic acids is 1. The molecule has 1 aromatic carbocycles. The number of hydrogen-bond acceptors (Lipinski definition) is 5. The summed E-state index contributed by atoms with van der Waals surface area (Å²) in [6.07, 6.45) is 0. The molecular weight excluding hydrogens is 260 g/mol. The molecule has 0 atom stereocenters. The summed E-state index contributed by atoms with van der Waals surface area (Å²) in [6.45, 7) is 0.767. The lowest BCUT2D eigenvalue weighted by Gasteiger charge is -2.25. The van der Waals surface area contributed by atoms with Crippen LogP contribution in [0.1, 0.15) is 17.5 Å². The number of aromatic nitrogens is 1. The zero-order valence-corrected chi connectivity index (χ0v) is 11.0. The fourth-order valence-corrected chi connectivity index (χ4v) is 1.59. The molecular formula is C14H16N2O4. The van der Waals surface area contributed by atoms with E-state index in [4.69, 9.17) is 14.7 Å². The molecule has 0 unspecified atom stereocenters. The first-order valence-corrected chi connectivity index (χ1v) is 6.14. The number of nitrogens with zero attached hydrogens (tertiary/aromatic N) is 1. The number of nitrogens with one attached hydrogen (secondary N) is 1. The van der Waals surface area contributed by atoms with E-state index in [-0.39, 0.29) is 19.0 Å². The van der Waals surface area contributed by atoms with E-state index in [0.29, 0.717) is 5.69 Å². The van der Waals surface area contributed by atoms with Crippen LogP contribution in [0.15, 0.2) is 40.9 Å². The van der Waals surface area contributed by atoms with E-state index in [1.807, 2.05) is 30.3 Å². The third kappa shape index (κ3) is 3.04. The first-order valence-electron chi connectivity index (χ1n) is 6.14. The molecule has 2 aromatic rings. The highest BCUT2D eigenvalue weighted by atomic mass is 16.5. The average Bonchev–Trinajstić information content (AvgIpc) is 2.98. The normalized spacial score (nSPS) is 11.3. The van der Waals surface area contributed by atoms with Crippen LogP contribution in [-0.2, 0) is 0 Å². The largest absolute Gasteiger partial charge is 0.394 e. The fraction of sp³-hybridized carbons (Fsp3) is 0.286. The summed E-state index contributed by atoms with van der Waals surface area (Å²) in [6, 6.07) is 10.8. The second-order valence-corrected chi connectivity index (χ2v) is 4.77. The molecule has 0 bridgehead atoms. The molecule has 1 aromatic heterocycles. The van der Waals surface area contributed by atoms with E-state index in [9.17, 15) is 4.79 Å². The summed E-state index contributed by atoms with van der Waals surface area (Å²) < 4.78 is 4.99. The predicted octanol–water partition coefficient (Wildman–Crippen LogP) is 0.815. The molecule has 0 fully saturated rings. The van der Waals surface area contributed by atoms with Crippen molar-refractivity contribution in [3.8, 4) is 11.3 Å².